The third-order valence-electron chi connectivity index (χ3n) is 10.0. The Balaban J connectivity index is 0.000000360. The van der Waals surface area contributed by atoms with Gasteiger partial charge in [-0.3, -0.25) is 0 Å². The van der Waals surface area contributed by atoms with E-state index in [0.717, 1.165) is 125 Å². The Morgan fingerprint density at radius 1 is 0.396 bits per heavy atom. The average molecular weight is 888 g/mol. The van der Waals surface area contributed by atoms with Crippen molar-refractivity contribution in [1.82, 2.24) is 0 Å². The fraction of sp³-hybridized carbons (Fsp3) is 0.545. The van der Waals surface area contributed by atoms with Crippen LogP contribution in [0.5, 0.6) is 0 Å². The molecule has 0 atom stereocenters. The molecular weight excluding hydrogens is 826 g/mol. The number of benzene rings is 4. The maximum atomic E-state index is 12.1. The van der Waals surface area contributed by atoms with E-state index in [1.807, 2.05) is 60.7 Å². The molecule has 0 unspecified atom stereocenters. The third-order valence-corrected chi connectivity index (χ3v) is 12.0. The van der Waals surface area contributed by atoms with Crippen molar-refractivity contribution in [3.8, 4) is 0 Å². The van der Waals surface area contributed by atoms with E-state index in [0.29, 0.717) is 34.7 Å². The Morgan fingerprint density at radius 2 is 0.698 bits per heavy atom. The molecule has 288 valence electrons. The van der Waals surface area contributed by atoms with Crippen LogP contribution in [0.4, 0.5) is 0 Å². The van der Waals surface area contributed by atoms with E-state index in [4.69, 9.17) is 0 Å². The van der Waals surface area contributed by atoms with E-state index in [-0.39, 0.29) is 58.7 Å². The van der Waals surface area contributed by atoms with E-state index in [2.05, 4.69) is 27.7 Å². The van der Waals surface area contributed by atoms with Crippen molar-refractivity contribution >= 4 is 90.7 Å². The molecule has 0 heterocycles. The molecule has 0 aliphatic rings. The average Bonchev–Trinajstić information content (AvgIpc) is 3.11. The van der Waals surface area contributed by atoms with E-state index in [1.54, 1.807) is 0 Å². The van der Waals surface area contributed by atoms with Gasteiger partial charge in [0.15, 0.2) is 0 Å². The first-order chi connectivity index (χ1) is 25.0. The minimum atomic E-state index is -4.51. The Morgan fingerprint density at radius 3 is 0.981 bits per heavy atom. The number of aryl methyl sites for hydroxylation is 4. The number of hydrogen-bond acceptors (Lipinski definition) is 6. The summed E-state index contributed by atoms with van der Waals surface area (Å²) in [5.74, 6) is 0. The van der Waals surface area contributed by atoms with Crippen LogP contribution in [-0.4, -0.2) is 74.8 Å². The SMILES string of the molecule is CCCCCCc1ccc2cccc(CCCCCC)c2c1S(=O)(=O)[O-].CCCCCCc1ccc2cccc(CCCCCC)c2c1S(=O)(=O)[O-].[Ba+2]. The van der Waals surface area contributed by atoms with Gasteiger partial charge in [0.2, 0.25) is 0 Å². The second-order valence-electron chi connectivity index (χ2n) is 14.3. The van der Waals surface area contributed by atoms with Crippen LogP contribution in [0.3, 0.4) is 0 Å². The minimum absolute atomic E-state index is 0. The van der Waals surface area contributed by atoms with Gasteiger partial charge in [0.1, 0.15) is 20.2 Å². The first-order valence-electron chi connectivity index (χ1n) is 20.0. The molecule has 0 saturated heterocycles. The number of unbranched alkanes of at least 4 members (excludes halogenated alkanes) is 12. The van der Waals surface area contributed by atoms with Gasteiger partial charge >= 0.3 is 48.9 Å². The van der Waals surface area contributed by atoms with Gasteiger partial charge in [-0.25, -0.2) is 16.8 Å². The monoisotopic (exact) mass is 888 g/mol. The van der Waals surface area contributed by atoms with Crippen molar-refractivity contribution in [2.24, 2.45) is 0 Å². The molecule has 4 aromatic carbocycles. The van der Waals surface area contributed by atoms with Crippen LogP contribution >= 0.6 is 0 Å². The van der Waals surface area contributed by atoms with Gasteiger partial charge in [-0.1, -0.05) is 165 Å². The Kier molecular flexibility index (Phi) is 22.7. The molecular formula is C44H62BaO6S2. The van der Waals surface area contributed by atoms with E-state index >= 15 is 0 Å². The van der Waals surface area contributed by atoms with Crippen LogP contribution in [0, 0.1) is 0 Å². The van der Waals surface area contributed by atoms with E-state index < -0.39 is 20.2 Å². The molecule has 0 fully saturated rings. The first kappa shape index (κ1) is 47.9. The molecule has 0 aliphatic carbocycles. The van der Waals surface area contributed by atoms with Crippen molar-refractivity contribution < 1.29 is 25.9 Å². The fourth-order valence-corrected chi connectivity index (χ4v) is 9.26. The summed E-state index contributed by atoms with van der Waals surface area (Å²) in [5.41, 5.74) is 3.35. The second-order valence-corrected chi connectivity index (χ2v) is 16.9. The van der Waals surface area contributed by atoms with Crippen molar-refractivity contribution in [2.45, 2.75) is 166 Å². The Bertz CT molecular complexity index is 1770. The maximum absolute atomic E-state index is 12.1. The second kappa shape index (κ2) is 25.1. The Hall–Kier alpha value is -1.21. The molecule has 0 N–H and O–H groups in total. The van der Waals surface area contributed by atoms with Crippen molar-refractivity contribution in [3.05, 3.63) is 82.9 Å². The molecule has 0 aromatic heterocycles. The molecule has 0 saturated carbocycles. The van der Waals surface area contributed by atoms with Crippen LogP contribution in [0.25, 0.3) is 21.5 Å². The quantitative estimate of drug-likeness (QED) is 0.0441. The smallest absolute Gasteiger partial charge is 0.744 e. The summed E-state index contributed by atoms with van der Waals surface area (Å²) in [6, 6.07) is 19.3. The number of hydrogen-bond donors (Lipinski definition) is 0. The van der Waals surface area contributed by atoms with Crippen LogP contribution in [-0.2, 0) is 45.9 Å². The zero-order valence-electron chi connectivity index (χ0n) is 32.9. The summed E-state index contributed by atoms with van der Waals surface area (Å²) < 4.78 is 72.8. The summed E-state index contributed by atoms with van der Waals surface area (Å²) in [6.07, 6.45) is 20.4. The van der Waals surface area contributed by atoms with Crippen LogP contribution in [0.2, 0.25) is 0 Å². The summed E-state index contributed by atoms with van der Waals surface area (Å²) in [4.78, 5) is 0.0511. The molecule has 53 heavy (non-hydrogen) atoms. The topological polar surface area (TPSA) is 114 Å². The van der Waals surface area contributed by atoms with Crippen molar-refractivity contribution in [2.75, 3.05) is 0 Å². The maximum Gasteiger partial charge on any atom is 2.00 e. The van der Waals surface area contributed by atoms with Crippen LogP contribution in [0.15, 0.2) is 70.5 Å². The number of fused-ring (bicyclic) bond motifs is 2. The molecule has 0 spiro atoms. The summed E-state index contributed by atoms with van der Waals surface area (Å²) in [6.45, 7) is 8.64. The molecule has 0 bridgehead atoms. The fourth-order valence-electron chi connectivity index (χ4n) is 7.28. The third kappa shape index (κ3) is 15.3. The zero-order chi connectivity index (χ0) is 38.0. The van der Waals surface area contributed by atoms with Gasteiger partial charge in [-0.05, 0) is 84.4 Å². The van der Waals surface area contributed by atoms with Crippen LogP contribution in [0.1, 0.15) is 153 Å². The van der Waals surface area contributed by atoms with E-state index in [1.165, 1.54) is 12.8 Å². The standard InChI is InChI=1S/2C22H32O3S.Ba/c2*1-3-5-7-9-12-18-14-11-15-19-16-17-20(13-10-8-6-4-2)22(21(18)19)26(23,24)25;/h2*11,14-17H,3-10,12-13H2,1-2H3,(H,23,24,25);/q;;+2/p-2. The predicted molar refractivity (Wildman–Crippen MR) is 221 cm³/mol. The van der Waals surface area contributed by atoms with Crippen LogP contribution < -0.4 is 0 Å². The van der Waals surface area contributed by atoms with Gasteiger partial charge in [-0.15, -0.1) is 0 Å². The van der Waals surface area contributed by atoms with Crippen molar-refractivity contribution in [3.63, 3.8) is 0 Å². The predicted octanol–water partition coefficient (Wildman–Crippen LogP) is 11.6. The molecule has 4 aromatic rings. The largest absolute Gasteiger partial charge is 2.00 e. The minimum Gasteiger partial charge on any atom is -0.744 e. The van der Waals surface area contributed by atoms with Gasteiger partial charge in [0.05, 0.1) is 9.79 Å². The van der Waals surface area contributed by atoms with Gasteiger partial charge in [0, 0.05) is 10.8 Å². The molecule has 9 heteroatoms. The molecule has 0 radical (unpaired) electrons. The van der Waals surface area contributed by atoms with Gasteiger partial charge < -0.3 is 9.11 Å². The number of rotatable bonds is 22. The molecule has 6 nitrogen and oxygen atoms in total. The molecule has 4 rings (SSSR count). The normalized spacial score (nSPS) is 11.7. The van der Waals surface area contributed by atoms with Crippen molar-refractivity contribution in [1.29, 1.82) is 0 Å². The van der Waals surface area contributed by atoms with Gasteiger partial charge in [-0.2, -0.15) is 0 Å². The summed E-state index contributed by atoms with van der Waals surface area (Å²) in [7, 11) is -9.02. The first-order valence-corrected chi connectivity index (χ1v) is 22.8. The molecule has 0 aliphatic heterocycles. The summed E-state index contributed by atoms with van der Waals surface area (Å²) >= 11 is 0. The zero-order valence-corrected chi connectivity index (χ0v) is 39.0. The van der Waals surface area contributed by atoms with Gasteiger partial charge in [0.25, 0.3) is 0 Å². The summed E-state index contributed by atoms with van der Waals surface area (Å²) in [5, 5.41) is 3.02. The Labute approximate surface area is 361 Å². The molecule has 0 amide bonds. The van der Waals surface area contributed by atoms with E-state index in [9.17, 15) is 25.9 Å².